The standard InChI is InChI=1S/C34H54O4/c1-3-5-7-9-10-11-12-13-14-15-16-17-18-23-27-31-34(37)38-32(28-24-20-8-6-4-2)29-25-21-19-22-26-30-33(35)36/h5-8,10-11,13-14,24-25,28-29,32H,3-4,9,12,15-23,26-27,30-31H2,1-2H3,(H,35,36)/b7-5-,8-6-,11-10-,14-13-,28-24-,29-25-. The number of hydrogen-bond donors (Lipinski definition) is 1. The van der Waals surface area contributed by atoms with Crippen LogP contribution in [0.3, 0.4) is 0 Å². The van der Waals surface area contributed by atoms with E-state index in [0.717, 1.165) is 77.0 Å². The van der Waals surface area contributed by atoms with Crippen molar-refractivity contribution >= 4 is 11.9 Å². The molecule has 1 atom stereocenters. The van der Waals surface area contributed by atoms with Crippen LogP contribution in [0.4, 0.5) is 0 Å². The second kappa shape index (κ2) is 28.9. The summed E-state index contributed by atoms with van der Waals surface area (Å²) in [5, 5.41) is 8.71. The number of ether oxygens (including phenoxy) is 1. The average molecular weight is 527 g/mol. The van der Waals surface area contributed by atoms with Gasteiger partial charge in [-0.1, -0.05) is 100 Å². The Morgan fingerprint density at radius 2 is 1.05 bits per heavy atom. The van der Waals surface area contributed by atoms with E-state index < -0.39 is 5.97 Å². The molecule has 0 fully saturated rings. The van der Waals surface area contributed by atoms with Gasteiger partial charge in [0.2, 0.25) is 0 Å². The van der Waals surface area contributed by atoms with Crippen LogP contribution in [0.25, 0.3) is 0 Å². The molecule has 0 amide bonds. The minimum Gasteiger partial charge on any atom is -0.481 e. The number of carboxylic acid groups (broad SMARTS) is 1. The van der Waals surface area contributed by atoms with Crippen molar-refractivity contribution in [2.75, 3.05) is 0 Å². The molecule has 1 N–H and O–H groups in total. The molecule has 0 aromatic rings. The lowest BCUT2D eigenvalue weighted by Crippen LogP contribution is -2.13. The molecule has 4 nitrogen and oxygen atoms in total. The summed E-state index contributed by atoms with van der Waals surface area (Å²) in [7, 11) is 0. The van der Waals surface area contributed by atoms with E-state index in [4.69, 9.17) is 9.84 Å². The molecule has 0 saturated heterocycles. The van der Waals surface area contributed by atoms with Gasteiger partial charge in [0.15, 0.2) is 0 Å². The normalized spacial score (nSPS) is 13.3. The molecule has 4 heteroatoms. The van der Waals surface area contributed by atoms with Crippen LogP contribution < -0.4 is 0 Å². The molecule has 0 spiro atoms. The Labute approximate surface area is 233 Å². The van der Waals surface area contributed by atoms with Crippen LogP contribution in [0.2, 0.25) is 0 Å². The summed E-state index contributed by atoms with van der Waals surface area (Å²) in [4.78, 5) is 23.0. The fourth-order valence-electron chi connectivity index (χ4n) is 3.74. The van der Waals surface area contributed by atoms with Crippen molar-refractivity contribution in [3.8, 4) is 0 Å². The van der Waals surface area contributed by atoms with Crippen LogP contribution in [0.5, 0.6) is 0 Å². The predicted octanol–water partition coefficient (Wildman–Crippen LogP) is 9.99. The van der Waals surface area contributed by atoms with Crippen molar-refractivity contribution in [1.29, 1.82) is 0 Å². The number of allylic oxidation sites excluding steroid dienone is 10. The van der Waals surface area contributed by atoms with E-state index in [-0.39, 0.29) is 18.5 Å². The van der Waals surface area contributed by atoms with Gasteiger partial charge in [0.25, 0.3) is 0 Å². The number of esters is 1. The largest absolute Gasteiger partial charge is 0.481 e. The van der Waals surface area contributed by atoms with Crippen LogP contribution in [0.1, 0.15) is 123 Å². The topological polar surface area (TPSA) is 63.6 Å². The maximum absolute atomic E-state index is 12.4. The maximum atomic E-state index is 12.4. The van der Waals surface area contributed by atoms with Crippen LogP contribution in [-0.2, 0) is 14.3 Å². The van der Waals surface area contributed by atoms with Crippen molar-refractivity contribution < 1.29 is 19.4 Å². The van der Waals surface area contributed by atoms with E-state index in [9.17, 15) is 9.59 Å². The Balaban J connectivity index is 4.10. The molecule has 214 valence electrons. The van der Waals surface area contributed by atoms with Gasteiger partial charge in [-0.15, -0.1) is 0 Å². The van der Waals surface area contributed by atoms with Gasteiger partial charge >= 0.3 is 11.9 Å². The lowest BCUT2D eigenvalue weighted by Gasteiger charge is -2.11. The Bertz CT molecular complexity index is 740. The number of hydrogen-bond acceptors (Lipinski definition) is 3. The van der Waals surface area contributed by atoms with E-state index in [1.807, 2.05) is 24.3 Å². The molecule has 0 aliphatic heterocycles. The summed E-state index contributed by atoms with van der Waals surface area (Å²) in [6, 6.07) is 0. The molecule has 0 heterocycles. The number of rotatable bonds is 25. The molecule has 38 heavy (non-hydrogen) atoms. The van der Waals surface area contributed by atoms with Gasteiger partial charge in [0.05, 0.1) is 0 Å². The monoisotopic (exact) mass is 526 g/mol. The van der Waals surface area contributed by atoms with Gasteiger partial charge < -0.3 is 9.84 Å². The highest BCUT2D eigenvalue weighted by Gasteiger charge is 2.08. The Morgan fingerprint density at radius 3 is 1.71 bits per heavy atom. The highest BCUT2D eigenvalue weighted by molar-refractivity contribution is 5.69. The summed E-state index contributed by atoms with van der Waals surface area (Å²) in [6.07, 6.45) is 40.9. The third-order valence-corrected chi connectivity index (χ3v) is 5.89. The zero-order valence-corrected chi connectivity index (χ0v) is 24.2. The number of aliphatic carboxylic acids is 1. The summed E-state index contributed by atoms with van der Waals surface area (Å²) >= 11 is 0. The first-order valence-corrected chi connectivity index (χ1v) is 14.9. The molecular weight excluding hydrogens is 472 g/mol. The lowest BCUT2D eigenvalue weighted by atomic mass is 10.1. The van der Waals surface area contributed by atoms with Gasteiger partial charge in [-0.3, -0.25) is 9.59 Å². The average Bonchev–Trinajstić information content (AvgIpc) is 2.89. The highest BCUT2D eigenvalue weighted by Crippen LogP contribution is 2.11. The first-order valence-electron chi connectivity index (χ1n) is 14.9. The van der Waals surface area contributed by atoms with Crippen molar-refractivity contribution in [1.82, 2.24) is 0 Å². The molecule has 0 saturated carbocycles. The first-order chi connectivity index (χ1) is 18.6. The molecule has 0 rings (SSSR count). The van der Waals surface area contributed by atoms with Gasteiger partial charge in [-0.25, -0.2) is 0 Å². The zero-order chi connectivity index (χ0) is 27.9. The summed E-state index contributed by atoms with van der Waals surface area (Å²) in [5.74, 6) is -0.881. The van der Waals surface area contributed by atoms with Crippen molar-refractivity contribution in [2.24, 2.45) is 0 Å². The quantitative estimate of drug-likeness (QED) is 0.0730. The van der Waals surface area contributed by atoms with E-state index in [0.29, 0.717) is 12.8 Å². The van der Waals surface area contributed by atoms with Gasteiger partial charge in [-0.2, -0.15) is 0 Å². The van der Waals surface area contributed by atoms with Crippen LogP contribution in [0, 0.1) is 0 Å². The number of carboxylic acids is 1. The maximum Gasteiger partial charge on any atom is 0.306 e. The second-order valence-corrected chi connectivity index (χ2v) is 9.52. The molecule has 0 aromatic heterocycles. The second-order valence-electron chi connectivity index (χ2n) is 9.52. The van der Waals surface area contributed by atoms with Crippen molar-refractivity contribution in [3.05, 3.63) is 72.9 Å². The number of unbranched alkanes of at least 4 members (excludes halogenated alkanes) is 8. The molecular formula is C34H54O4. The summed E-state index contributed by atoms with van der Waals surface area (Å²) in [5.41, 5.74) is 0. The fraction of sp³-hybridized carbons (Fsp3) is 0.588. The van der Waals surface area contributed by atoms with Crippen LogP contribution in [-0.4, -0.2) is 23.1 Å². The van der Waals surface area contributed by atoms with Crippen LogP contribution in [0.15, 0.2) is 72.9 Å². The minimum absolute atomic E-state index is 0.143. The molecule has 0 aliphatic carbocycles. The minimum atomic E-state index is -0.739. The molecule has 0 bridgehead atoms. The zero-order valence-electron chi connectivity index (χ0n) is 24.2. The van der Waals surface area contributed by atoms with Crippen LogP contribution >= 0.6 is 0 Å². The summed E-state index contributed by atoms with van der Waals surface area (Å²) in [6.45, 7) is 4.26. The summed E-state index contributed by atoms with van der Waals surface area (Å²) < 4.78 is 5.70. The molecule has 0 aromatic carbocycles. The smallest absolute Gasteiger partial charge is 0.306 e. The third kappa shape index (κ3) is 28.0. The van der Waals surface area contributed by atoms with Gasteiger partial charge in [0, 0.05) is 12.8 Å². The van der Waals surface area contributed by atoms with Gasteiger partial charge in [0.1, 0.15) is 6.10 Å². The van der Waals surface area contributed by atoms with E-state index in [1.54, 1.807) is 0 Å². The number of carbonyl (C=O) groups excluding carboxylic acids is 1. The Morgan fingerprint density at radius 1 is 0.579 bits per heavy atom. The number of carbonyl (C=O) groups is 2. The predicted molar refractivity (Wildman–Crippen MR) is 162 cm³/mol. The van der Waals surface area contributed by atoms with Crippen molar-refractivity contribution in [2.45, 2.75) is 129 Å². The highest BCUT2D eigenvalue weighted by atomic mass is 16.5. The lowest BCUT2D eigenvalue weighted by molar-refractivity contribution is -0.145. The Kier molecular flexibility index (Phi) is 26.9. The fourth-order valence-corrected chi connectivity index (χ4v) is 3.74. The van der Waals surface area contributed by atoms with Gasteiger partial charge in [-0.05, 0) is 82.8 Å². The molecule has 0 aliphatic rings. The third-order valence-electron chi connectivity index (χ3n) is 5.89. The molecule has 0 radical (unpaired) electrons. The van der Waals surface area contributed by atoms with E-state index in [1.165, 1.54) is 12.8 Å². The van der Waals surface area contributed by atoms with Crippen molar-refractivity contribution in [3.63, 3.8) is 0 Å². The SMILES string of the molecule is CC/C=C\C/C=C\C/C=C\CCCCCCCC(=O)OC(/C=C\C/C=C\CC)/C=C\CCCCCC(=O)O. The first kappa shape index (κ1) is 35.4. The van der Waals surface area contributed by atoms with E-state index in [2.05, 4.69) is 62.5 Å². The Hall–Kier alpha value is -2.62. The van der Waals surface area contributed by atoms with E-state index >= 15 is 0 Å². The molecule has 1 unspecified atom stereocenters.